The summed E-state index contributed by atoms with van der Waals surface area (Å²) in [6.07, 6.45) is 6.48. The van der Waals surface area contributed by atoms with Crippen molar-refractivity contribution in [1.82, 2.24) is 0 Å². The van der Waals surface area contributed by atoms with Gasteiger partial charge in [0.25, 0.3) is 5.91 Å². The van der Waals surface area contributed by atoms with E-state index in [1.54, 1.807) is 29.5 Å². The molecule has 4 rings (SSSR count). The molecule has 6 heteroatoms. The molecule has 1 heterocycles. The van der Waals surface area contributed by atoms with Crippen molar-refractivity contribution in [1.29, 1.82) is 0 Å². The number of halogens is 1. The van der Waals surface area contributed by atoms with Gasteiger partial charge in [-0.3, -0.25) is 4.79 Å². The smallest absolute Gasteiger partial charge is 0.259 e. The molecule has 2 aromatic carbocycles. The third kappa shape index (κ3) is 6.22. The summed E-state index contributed by atoms with van der Waals surface area (Å²) < 4.78 is 5.56. The number of carbonyl (C=O) groups is 1. The third-order valence-electron chi connectivity index (χ3n) is 6.38. The Morgan fingerprint density at radius 1 is 1.20 bits per heavy atom. The van der Waals surface area contributed by atoms with E-state index in [9.17, 15) is 4.79 Å². The minimum atomic E-state index is -0.126. The highest BCUT2D eigenvalue weighted by Crippen LogP contribution is 2.45. The number of aliphatic imine (C=N–C) groups is 1. The minimum absolute atomic E-state index is 0.126. The molecule has 1 atom stereocenters. The molecule has 1 amide bonds. The van der Waals surface area contributed by atoms with Gasteiger partial charge in [-0.25, -0.2) is 4.99 Å². The molecule has 0 saturated heterocycles. The number of hydrogen-bond acceptors (Lipinski definition) is 4. The third-order valence-corrected chi connectivity index (χ3v) is 7.79. The van der Waals surface area contributed by atoms with Crippen LogP contribution in [0, 0.1) is 11.3 Å². The van der Waals surface area contributed by atoms with Crippen LogP contribution in [0.4, 0.5) is 10.7 Å². The van der Waals surface area contributed by atoms with E-state index < -0.39 is 0 Å². The van der Waals surface area contributed by atoms with Crippen molar-refractivity contribution < 1.29 is 9.53 Å². The van der Waals surface area contributed by atoms with Crippen LogP contribution < -0.4 is 10.1 Å². The molecule has 1 N–H and O–H groups in total. The van der Waals surface area contributed by atoms with Gasteiger partial charge in [-0.05, 0) is 90.3 Å². The zero-order valence-electron chi connectivity index (χ0n) is 20.4. The maximum absolute atomic E-state index is 13.5. The van der Waals surface area contributed by atoms with Gasteiger partial charge in [0.1, 0.15) is 17.4 Å². The van der Waals surface area contributed by atoms with Crippen molar-refractivity contribution in [2.45, 2.75) is 40.0 Å². The number of ether oxygens (including phenoxy) is 1. The van der Waals surface area contributed by atoms with Gasteiger partial charge in [0.15, 0.2) is 0 Å². The molecule has 0 aliphatic heterocycles. The number of fused-ring (bicyclic) bond motifs is 1. The lowest BCUT2D eigenvalue weighted by Gasteiger charge is -2.33. The molecular formula is C29H31ClN2O2S. The molecule has 0 unspecified atom stereocenters. The molecule has 1 aromatic heterocycles. The first-order valence-corrected chi connectivity index (χ1v) is 13.0. The topological polar surface area (TPSA) is 50.7 Å². The van der Waals surface area contributed by atoms with Crippen LogP contribution in [0.5, 0.6) is 5.75 Å². The number of nitrogens with one attached hydrogen (secondary N) is 1. The predicted octanol–water partition coefficient (Wildman–Crippen LogP) is 8.12. The Hall–Kier alpha value is -2.89. The van der Waals surface area contributed by atoms with Crippen LogP contribution in [0.25, 0.3) is 0 Å². The Kier molecular flexibility index (Phi) is 7.78. The number of hydrogen-bond donors (Lipinski definition) is 1. The van der Waals surface area contributed by atoms with Crippen molar-refractivity contribution in [3.05, 3.63) is 87.8 Å². The number of anilines is 1. The number of benzene rings is 2. The number of rotatable bonds is 7. The fourth-order valence-electron chi connectivity index (χ4n) is 4.30. The van der Waals surface area contributed by atoms with Gasteiger partial charge in [-0.1, -0.05) is 45.0 Å². The Morgan fingerprint density at radius 2 is 1.91 bits per heavy atom. The van der Waals surface area contributed by atoms with Gasteiger partial charge in [-0.15, -0.1) is 11.3 Å². The number of thiophene rings is 1. The van der Waals surface area contributed by atoms with Crippen molar-refractivity contribution in [2.24, 2.45) is 16.3 Å². The molecular weight excluding hydrogens is 476 g/mol. The first-order chi connectivity index (χ1) is 16.7. The van der Waals surface area contributed by atoms with Crippen molar-refractivity contribution in [3.8, 4) is 5.75 Å². The minimum Gasteiger partial charge on any atom is -0.490 e. The average Bonchev–Trinajstić information content (AvgIpc) is 3.21. The molecule has 0 radical (unpaired) electrons. The van der Waals surface area contributed by atoms with Gasteiger partial charge in [-0.2, -0.15) is 0 Å². The number of carbonyl (C=O) groups excluding carboxylic acids is 1. The monoisotopic (exact) mass is 506 g/mol. The van der Waals surface area contributed by atoms with Crippen LogP contribution in [0.1, 0.15) is 53.6 Å². The maximum atomic E-state index is 13.5. The standard InChI is InChI=1S/C29H31ClN2O2S/c1-5-16-34-23-13-6-19(7-14-23)18-31-28-26(27(33)32-22-11-9-21(30)10-12-22)24-15-8-20(29(2,3)4)17-25(24)35-28/h5-7,9-14,18,20H,1,8,15-17H2,2-4H3,(H,32,33)/t20-/m0/s1. The lowest BCUT2D eigenvalue weighted by atomic mass is 9.72. The molecule has 182 valence electrons. The van der Waals surface area contributed by atoms with Crippen molar-refractivity contribution in [2.75, 3.05) is 11.9 Å². The zero-order chi connectivity index (χ0) is 25.0. The Balaban J connectivity index is 1.64. The average molecular weight is 507 g/mol. The number of amides is 1. The molecule has 0 bridgehead atoms. The van der Waals surface area contributed by atoms with Crippen LogP contribution in [0.15, 0.2) is 66.2 Å². The molecule has 1 aliphatic rings. The second-order valence-corrected chi connectivity index (χ2v) is 11.4. The normalized spacial score (nSPS) is 15.6. The summed E-state index contributed by atoms with van der Waals surface area (Å²) in [6, 6.07) is 14.9. The van der Waals surface area contributed by atoms with Crippen LogP contribution in [0.2, 0.25) is 5.02 Å². The van der Waals surface area contributed by atoms with Crippen molar-refractivity contribution >= 4 is 45.7 Å². The first-order valence-electron chi connectivity index (χ1n) is 11.8. The quantitative estimate of drug-likeness (QED) is 0.260. The summed E-state index contributed by atoms with van der Waals surface area (Å²) in [7, 11) is 0. The van der Waals surface area contributed by atoms with Gasteiger partial charge in [0.2, 0.25) is 0 Å². The van der Waals surface area contributed by atoms with E-state index >= 15 is 0 Å². The molecule has 0 fully saturated rings. The molecule has 1 aliphatic carbocycles. The highest BCUT2D eigenvalue weighted by molar-refractivity contribution is 7.16. The Morgan fingerprint density at radius 3 is 2.57 bits per heavy atom. The maximum Gasteiger partial charge on any atom is 0.259 e. The lowest BCUT2D eigenvalue weighted by molar-refractivity contribution is 0.102. The Labute approximate surface area is 216 Å². The molecule has 0 saturated carbocycles. The fourth-order valence-corrected chi connectivity index (χ4v) is 5.70. The highest BCUT2D eigenvalue weighted by Gasteiger charge is 2.33. The summed E-state index contributed by atoms with van der Waals surface area (Å²) in [5, 5.41) is 4.43. The fraction of sp³-hybridized carbons (Fsp3) is 0.310. The highest BCUT2D eigenvalue weighted by atomic mass is 35.5. The summed E-state index contributed by atoms with van der Waals surface area (Å²) in [5.74, 6) is 1.24. The van der Waals surface area contributed by atoms with Crippen LogP contribution in [-0.2, 0) is 12.8 Å². The van der Waals surface area contributed by atoms with E-state index in [-0.39, 0.29) is 11.3 Å². The van der Waals surface area contributed by atoms with E-state index in [0.29, 0.717) is 28.8 Å². The largest absolute Gasteiger partial charge is 0.490 e. The molecule has 0 spiro atoms. The predicted molar refractivity (Wildman–Crippen MR) is 148 cm³/mol. The molecule has 4 nitrogen and oxygen atoms in total. The van der Waals surface area contributed by atoms with E-state index in [1.165, 1.54) is 4.88 Å². The first kappa shape index (κ1) is 25.2. The molecule has 35 heavy (non-hydrogen) atoms. The zero-order valence-corrected chi connectivity index (χ0v) is 22.0. The van der Waals surface area contributed by atoms with E-state index in [4.69, 9.17) is 21.3 Å². The van der Waals surface area contributed by atoms with Crippen LogP contribution in [0.3, 0.4) is 0 Å². The van der Waals surface area contributed by atoms with E-state index in [0.717, 1.165) is 41.1 Å². The van der Waals surface area contributed by atoms with Crippen molar-refractivity contribution in [3.63, 3.8) is 0 Å². The van der Waals surface area contributed by atoms with E-state index in [2.05, 4.69) is 32.7 Å². The van der Waals surface area contributed by atoms with E-state index in [1.807, 2.05) is 42.6 Å². The summed E-state index contributed by atoms with van der Waals surface area (Å²) in [6.45, 7) is 11.0. The van der Waals surface area contributed by atoms with Crippen LogP contribution >= 0.6 is 22.9 Å². The Bertz CT molecular complexity index is 1220. The second-order valence-electron chi connectivity index (χ2n) is 9.88. The lowest BCUT2D eigenvalue weighted by Crippen LogP contribution is -2.27. The van der Waals surface area contributed by atoms with Crippen LogP contribution in [-0.4, -0.2) is 18.7 Å². The summed E-state index contributed by atoms with van der Waals surface area (Å²) in [4.78, 5) is 19.5. The summed E-state index contributed by atoms with van der Waals surface area (Å²) >= 11 is 7.65. The SMILES string of the molecule is C=CCOc1ccc(C=Nc2sc3c(c2C(=O)Nc2ccc(Cl)cc2)CC[C@H](C(C)(C)C)C3)cc1. The van der Waals surface area contributed by atoms with Gasteiger partial charge in [0.05, 0.1) is 5.56 Å². The van der Waals surface area contributed by atoms with Gasteiger partial charge in [0, 0.05) is 21.8 Å². The summed E-state index contributed by atoms with van der Waals surface area (Å²) in [5.41, 5.74) is 3.72. The van der Waals surface area contributed by atoms with Gasteiger partial charge >= 0.3 is 0 Å². The number of nitrogens with zero attached hydrogens (tertiary/aromatic N) is 1. The molecule has 3 aromatic rings. The second kappa shape index (κ2) is 10.8. The van der Waals surface area contributed by atoms with Gasteiger partial charge < -0.3 is 10.1 Å².